The maximum atomic E-state index is 13.6. The van der Waals surface area contributed by atoms with Gasteiger partial charge in [0, 0.05) is 61.1 Å². The van der Waals surface area contributed by atoms with Crippen molar-refractivity contribution in [1.29, 1.82) is 0 Å². The predicted molar refractivity (Wildman–Crippen MR) is 165 cm³/mol. The molecule has 1 aliphatic rings. The number of hydrogen-bond donors (Lipinski definition) is 1. The van der Waals surface area contributed by atoms with Crippen LogP contribution in [0.1, 0.15) is 27.9 Å². The lowest BCUT2D eigenvalue weighted by Crippen LogP contribution is -2.47. The molecule has 2 aromatic heterocycles. The van der Waals surface area contributed by atoms with Crippen molar-refractivity contribution in [1.82, 2.24) is 24.4 Å². The van der Waals surface area contributed by atoms with Gasteiger partial charge < -0.3 is 15.1 Å². The molecule has 9 nitrogen and oxygen atoms in total. The molecule has 6 rings (SSSR count). The highest BCUT2D eigenvalue weighted by Gasteiger charge is 2.30. The molecule has 3 aromatic carbocycles. The van der Waals surface area contributed by atoms with Crippen molar-refractivity contribution in [2.24, 2.45) is 5.92 Å². The first-order chi connectivity index (χ1) is 21.2. The zero-order valence-electron chi connectivity index (χ0n) is 24.4. The van der Waals surface area contributed by atoms with E-state index in [-0.39, 0.29) is 30.2 Å². The summed E-state index contributed by atoms with van der Waals surface area (Å²) in [4.78, 5) is 43.4. The zero-order chi connectivity index (χ0) is 30.8. The molecule has 0 unspecified atom stereocenters. The number of halogens is 2. The van der Waals surface area contributed by atoms with Crippen LogP contribution in [0, 0.1) is 17.6 Å². The maximum Gasteiger partial charge on any atom is 0.264 e. The first-order valence-electron chi connectivity index (χ1n) is 14.3. The Bertz CT molecular complexity index is 1890. The molecule has 3 heterocycles. The molecule has 5 aromatic rings. The number of fused-ring (bicyclic) bond motifs is 1. The molecule has 44 heavy (non-hydrogen) atoms. The van der Waals surface area contributed by atoms with Crippen molar-refractivity contribution in [3.05, 3.63) is 118 Å². The maximum absolute atomic E-state index is 13.6. The standard InChI is InChI=1S/C33H31F2N7O2/c1-40(2)16-21-3-6-25(7-4-21)38-33-37-14-24-13-26(8-10-30(24)39-33)41-18-23(19-41)12-31(43)27-15-36-20-42(32(27)44)17-22-5-9-28(34)29(35)11-22/h3-11,13-15,20,23H,12,16-19H2,1-2H3,(H,37,38,39). The van der Waals surface area contributed by atoms with Crippen molar-refractivity contribution in [3.63, 3.8) is 0 Å². The number of carbonyl (C=O) groups is 1. The average Bonchev–Trinajstić information content (AvgIpc) is 2.98. The third kappa shape index (κ3) is 6.47. The van der Waals surface area contributed by atoms with Crippen LogP contribution in [-0.2, 0) is 13.1 Å². The average molecular weight is 596 g/mol. The molecule has 224 valence electrons. The summed E-state index contributed by atoms with van der Waals surface area (Å²) in [6.45, 7) is 2.20. The van der Waals surface area contributed by atoms with E-state index < -0.39 is 17.2 Å². The van der Waals surface area contributed by atoms with Crippen LogP contribution in [0.3, 0.4) is 0 Å². The molecule has 0 radical (unpaired) electrons. The zero-order valence-corrected chi connectivity index (χ0v) is 24.4. The SMILES string of the molecule is CN(C)Cc1ccc(Nc2ncc3cc(N4CC(CC(=O)c5cncn(Cc6ccc(F)c(F)c6)c5=O)C4)ccc3n2)cc1. The molecule has 1 N–H and O–H groups in total. The normalized spacial score (nSPS) is 13.3. The number of benzene rings is 3. The fraction of sp³-hybridized carbons (Fsp3) is 0.242. The summed E-state index contributed by atoms with van der Waals surface area (Å²) in [5, 5.41) is 4.17. The van der Waals surface area contributed by atoms with Gasteiger partial charge in [0.2, 0.25) is 5.95 Å². The summed E-state index contributed by atoms with van der Waals surface area (Å²) in [7, 11) is 4.08. The summed E-state index contributed by atoms with van der Waals surface area (Å²) in [5.74, 6) is -1.64. The second-order valence-electron chi connectivity index (χ2n) is 11.4. The monoisotopic (exact) mass is 595 g/mol. The topological polar surface area (TPSA) is 96.2 Å². The Balaban J connectivity index is 1.05. The van der Waals surface area contributed by atoms with Gasteiger partial charge in [-0.25, -0.2) is 23.7 Å². The van der Waals surface area contributed by atoms with Crippen LogP contribution in [0.25, 0.3) is 10.9 Å². The molecule has 0 atom stereocenters. The Labute approximate surface area is 252 Å². The minimum Gasteiger partial charge on any atom is -0.371 e. The molecule has 1 fully saturated rings. The summed E-state index contributed by atoms with van der Waals surface area (Å²) >= 11 is 0. The minimum atomic E-state index is -0.997. The summed E-state index contributed by atoms with van der Waals surface area (Å²) in [5.41, 5.74) is 3.85. The number of nitrogens with zero attached hydrogens (tertiary/aromatic N) is 6. The molecule has 0 bridgehead atoms. The highest BCUT2D eigenvalue weighted by molar-refractivity contribution is 5.95. The lowest BCUT2D eigenvalue weighted by molar-refractivity contribution is 0.0950. The third-order valence-corrected chi connectivity index (χ3v) is 7.61. The number of nitrogens with one attached hydrogen (secondary N) is 1. The van der Waals surface area contributed by atoms with Gasteiger partial charge in [-0.2, -0.15) is 0 Å². The Kier molecular flexibility index (Phi) is 8.12. The molecule has 1 aliphatic heterocycles. The van der Waals surface area contributed by atoms with Gasteiger partial charge in [-0.05, 0) is 67.7 Å². The van der Waals surface area contributed by atoms with Gasteiger partial charge in [-0.3, -0.25) is 14.2 Å². The second-order valence-corrected chi connectivity index (χ2v) is 11.4. The van der Waals surface area contributed by atoms with Gasteiger partial charge in [0.25, 0.3) is 5.56 Å². The van der Waals surface area contributed by atoms with Crippen molar-refractivity contribution in [2.45, 2.75) is 19.5 Å². The van der Waals surface area contributed by atoms with E-state index in [0.29, 0.717) is 24.6 Å². The van der Waals surface area contributed by atoms with E-state index in [1.165, 1.54) is 28.7 Å². The number of hydrogen-bond acceptors (Lipinski definition) is 8. The summed E-state index contributed by atoms with van der Waals surface area (Å²) < 4.78 is 28.1. The predicted octanol–water partition coefficient (Wildman–Crippen LogP) is 5.03. The third-order valence-electron chi connectivity index (χ3n) is 7.61. The molecule has 0 amide bonds. The summed E-state index contributed by atoms with van der Waals surface area (Å²) in [6.07, 6.45) is 4.57. The van der Waals surface area contributed by atoms with Crippen LogP contribution in [0.15, 0.2) is 84.2 Å². The van der Waals surface area contributed by atoms with Crippen LogP contribution in [0.4, 0.5) is 26.1 Å². The Hall–Kier alpha value is -5.03. The second kappa shape index (κ2) is 12.3. The largest absolute Gasteiger partial charge is 0.371 e. The highest BCUT2D eigenvalue weighted by Crippen LogP contribution is 2.30. The number of aromatic nitrogens is 4. The first-order valence-corrected chi connectivity index (χ1v) is 14.3. The van der Waals surface area contributed by atoms with E-state index in [0.717, 1.165) is 41.0 Å². The fourth-order valence-electron chi connectivity index (χ4n) is 5.34. The van der Waals surface area contributed by atoms with Crippen molar-refractivity contribution >= 4 is 34.0 Å². The number of Topliss-reactive ketones (excluding diaryl/α,β-unsaturated/α-hetero) is 1. The van der Waals surface area contributed by atoms with Crippen LogP contribution in [0.5, 0.6) is 0 Å². The van der Waals surface area contributed by atoms with Gasteiger partial charge in [-0.15, -0.1) is 0 Å². The molecule has 0 aliphatic carbocycles. The number of ketones is 1. The molecular formula is C33H31F2N7O2. The van der Waals surface area contributed by atoms with Gasteiger partial charge in [-0.1, -0.05) is 18.2 Å². The van der Waals surface area contributed by atoms with Crippen molar-refractivity contribution in [3.8, 4) is 0 Å². The Morgan fingerprint density at radius 1 is 0.977 bits per heavy atom. The van der Waals surface area contributed by atoms with E-state index in [1.807, 2.05) is 44.4 Å². The van der Waals surface area contributed by atoms with Gasteiger partial charge in [0.1, 0.15) is 5.56 Å². The lowest BCUT2D eigenvalue weighted by atomic mass is 9.91. The van der Waals surface area contributed by atoms with Crippen LogP contribution in [-0.4, -0.2) is 57.4 Å². The first kappa shape index (κ1) is 29.1. The van der Waals surface area contributed by atoms with E-state index in [9.17, 15) is 18.4 Å². The van der Waals surface area contributed by atoms with E-state index in [1.54, 1.807) is 6.20 Å². The molecule has 0 saturated carbocycles. The van der Waals surface area contributed by atoms with E-state index in [2.05, 4.69) is 42.2 Å². The quantitative estimate of drug-likeness (QED) is 0.225. The van der Waals surface area contributed by atoms with Gasteiger partial charge in [0.05, 0.1) is 18.4 Å². The Morgan fingerprint density at radius 2 is 1.75 bits per heavy atom. The highest BCUT2D eigenvalue weighted by atomic mass is 19.2. The smallest absolute Gasteiger partial charge is 0.264 e. The van der Waals surface area contributed by atoms with E-state index >= 15 is 0 Å². The van der Waals surface area contributed by atoms with Crippen molar-refractivity contribution < 1.29 is 13.6 Å². The van der Waals surface area contributed by atoms with Gasteiger partial charge >= 0.3 is 0 Å². The van der Waals surface area contributed by atoms with E-state index in [4.69, 9.17) is 0 Å². The Morgan fingerprint density at radius 3 is 2.50 bits per heavy atom. The van der Waals surface area contributed by atoms with Gasteiger partial charge in [0.15, 0.2) is 17.4 Å². The molecular weight excluding hydrogens is 564 g/mol. The number of anilines is 3. The van der Waals surface area contributed by atoms with Crippen molar-refractivity contribution in [2.75, 3.05) is 37.4 Å². The molecule has 1 saturated heterocycles. The molecule has 0 spiro atoms. The fourth-order valence-corrected chi connectivity index (χ4v) is 5.34. The molecule has 11 heteroatoms. The lowest BCUT2D eigenvalue weighted by Gasteiger charge is -2.41. The number of carbonyl (C=O) groups excluding carboxylic acids is 1. The van der Waals surface area contributed by atoms with Crippen LogP contribution < -0.4 is 15.8 Å². The number of rotatable bonds is 10. The summed E-state index contributed by atoms with van der Waals surface area (Å²) in [6, 6.07) is 17.6. The van der Waals surface area contributed by atoms with Crippen LogP contribution >= 0.6 is 0 Å². The van der Waals surface area contributed by atoms with Crippen LogP contribution in [0.2, 0.25) is 0 Å². The minimum absolute atomic E-state index is 0.00897.